The molecule has 1 aromatic carbocycles. The van der Waals surface area contributed by atoms with Crippen molar-refractivity contribution in [2.45, 2.75) is 6.04 Å². The van der Waals surface area contributed by atoms with Crippen molar-refractivity contribution < 1.29 is 10.0 Å². The molecule has 2 aromatic rings. The smallest absolute Gasteiger partial charge is 0.381 e. The summed E-state index contributed by atoms with van der Waals surface area (Å²) in [7, 11) is 0. The predicted octanol–water partition coefficient (Wildman–Crippen LogP) is 1.37. The molecule has 1 heterocycles. The Balaban J connectivity index is 2.32. The average molecular weight is 233 g/mol. The molecule has 0 aliphatic carbocycles. The van der Waals surface area contributed by atoms with Crippen molar-refractivity contribution in [3.8, 4) is 0 Å². The van der Waals surface area contributed by atoms with E-state index in [4.69, 9.17) is 0 Å². The van der Waals surface area contributed by atoms with Crippen LogP contribution in [0, 0.1) is 10.1 Å². The quantitative estimate of drug-likeness (QED) is 0.638. The van der Waals surface area contributed by atoms with E-state index in [1.165, 1.54) is 17.1 Å². The van der Waals surface area contributed by atoms with Crippen LogP contribution in [0.1, 0.15) is 11.6 Å². The minimum atomic E-state index is -0.560. The molecule has 1 atom stereocenters. The number of aromatic nitrogens is 2. The average Bonchev–Trinajstić information content (AvgIpc) is 2.81. The summed E-state index contributed by atoms with van der Waals surface area (Å²) >= 11 is 0. The lowest BCUT2D eigenvalue weighted by Gasteiger charge is -2.14. The Morgan fingerprint density at radius 1 is 1.41 bits per heavy atom. The van der Waals surface area contributed by atoms with Crippen LogP contribution in [0.4, 0.5) is 5.82 Å². The van der Waals surface area contributed by atoms with Gasteiger partial charge in [0.25, 0.3) is 0 Å². The van der Waals surface area contributed by atoms with Crippen molar-refractivity contribution in [2.75, 3.05) is 6.61 Å². The van der Waals surface area contributed by atoms with Crippen LogP contribution in [-0.2, 0) is 0 Å². The Hall–Kier alpha value is -2.21. The van der Waals surface area contributed by atoms with E-state index in [9.17, 15) is 15.2 Å². The van der Waals surface area contributed by atoms with E-state index in [2.05, 4.69) is 4.98 Å². The SMILES string of the molecule is O=[N+]([O-])c1cn(C(CO)c2ccccc2)cn1. The molecule has 6 nitrogen and oxygen atoms in total. The summed E-state index contributed by atoms with van der Waals surface area (Å²) < 4.78 is 1.54. The summed E-state index contributed by atoms with van der Waals surface area (Å²) in [6.07, 6.45) is 2.67. The van der Waals surface area contributed by atoms with Gasteiger partial charge in [-0.2, -0.15) is 0 Å². The van der Waals surface area contributed by atoms with Crippen LogP contribution < -0.4 is 0 Å². The minimum absolute atomic E-state index is 0.141. The Labute approximate surface area is 97.3 Å². The van der Waals surface area contributed by atoms with Crippen LogP contribution in [-0.4, -0.2) is 26.2 Å². The lowest BCUT2D eigenvalue weighted by Crippen LogP contribution is -2.12. The molecule has 0 bridgehead atoms. The lowest BCUT2D eigenvalue weighted by molar-refractivity contribution is -0.389. The summed E-state index contributed by atoms with van der Waals surface area (Å²) in [5, 5.41) is 19.9. The molecule has 0 aliphatic rings. The molecule has 6 heteroatoms. The van der Waals surface area contributed by atoms with Crippen molar-refractivity contribution in [3.63, 3.8) is 0 Å². The van der Waals surface area contributed by atoms with Gasteiger partial charge < -0.3 is 19.8 Å². The molecule has 2 rings (SSSR count). The normalized spacial score (nSPS) is 12.3. The molecule has 0 radical (unpaired) electrons. The van der Waals surface area contributed by atoms with Crippen LogP contribution in [0.5, 0.6) is 0 Å². The Morgan fingerprint density at radius 2 is 2.12 bits per heavy atom. The standard InChI is InChI=1S/C11H11N3O3/c15-7-10(9-4-2-1-3-5-9)13-6-11(12-8-13)14(16)17/h1-6,8,10,15H,7H2. The molecule has 0 fully saturated rings. The Bertz CT molecular complexity index is 510. The van der Waals surface area contributed by atoms with Crippen molar-refractivity contribution in [1.82, 2.24) is 9.55 Å². The molecule has 0 amide bonds. The van der Waals surface area contributed by atoms with Gasteiger partial charge in [0.2, 0.25) is 6.33 Å². The fraction of sp³-hybridized carbons (Fsp3) is 0.182. The van der Waals surface area contributed by atoms with Crippen LogP contribution in [0.3, 0.4) is 0 Å². The second kappa shape index (κ2) is 4.75. The van der Waals surface area contributed by atoms with Crippen LogP contribution >= 0.6 is 0 Å². The third kappa shape index (κ3) is 2.31. The van der Waals surface area contributed by atoms with E-state index in [0.29, 0.717) is 0 Å². The summed E-state index contributed by atoms with van der Waals surface area (Å²) in [4.78, 5) is 13.6. The van der Waals surface area contributed by atoms with E-state index < -0.39 is 4.92 Å². The van der Waals surface area contributed by atoms with Gasteiger partial charge in [-0.3, -0.25) is 0 Å². The molecule has 0 aliphatic heterocycles. The van der Waals surface area contributed by atoms with E-state index in [1.807, 2.05) is 30.3 Å². The van der Waals surface area contributed by atoms with Gasteiger partial charge in [0.15, 0.2) is 0 Å². The number of rotatable bonds is 4. The highest BCUT2D eigenvalue weighted by Crippen LogP contribution is 2.19. The van der Waals surface area contributed by atoms with Gasteiger partial charge in [-0.1, -0.05) is 30.3 Å². The minimum Gasteiger partial charge on any atom is -0.394 e. The van der Waals surface area contributed by atoms with Gasteiger partial charge in [-0.25, -0.2) is 0 Å². The summed E-state index contributed by atoms with van der Waals surface area (Å²) in [5.41, 5.74) is 0.877. The second-order valence-corrected chi connectivity index (χ2v) is 3.55. The Kier molecular flexibility index (Phi) is 3.15. The maximum Gasteiger partial charge on any atom is 0.381 e. The monoisotopic (exact) mass is 233 g/mol. The third-order valence-electron chi connectivity index (χ3n) is 2.49. The molecule has 0 spiro atoms. The highest BCUT2D eigenvalue weighted by Gasteiger charge is 2.17. The van der Waals surface area contributed by atoms with Gasteiger partial charge in [0, 0.05) is 0 Å². The molecular weight excluding hydrogens is 222 g/mol. The van der Waals surface area contributed by atoms with E-state index >= 15 is 0 Å². The van der Waals surface area contributed by atoms with Crippen LogP contribution in [0.15, 0.2) is 42.9 Å². The largest absolute Gasteiger partial charge is 0.394 e. The topological polar surface area (TPSA) is 81.2 Å². The highest BCUT2D eigenvalue weighted by atomic mass is 16.6. The zero-order valence-corrected chi connectivity index (χ0v) is 8.93. The first-order valence-corrected chi connectivity index (χ1v) is 5.06. The zero-order chi connectivity index (χ0) is 12.3. The molecule has 0 saturated carbocycles. The lowest BCUT2D eigenvalue weighted by atomic mass is 10.1. The molecule has 0 saturated heterocycles. The summed E-state index contributed by atoms with van der Waals surface area (Å²) in [6, 6.07) is 8.93. The first-order chi connectivity index (χ1) is 8.22. The number of benzene rings is 1. The van der Waals surface area contributed by atoms with Gasteiger partial charge in [0.05, 0.1) is 12.6 Å². The highest BCUT2D eigenvalue weighted by molar-refractivity contribution is 5.22. The van der Waals surface area contributed by atoms with Gasteiger partial charge in [-0.05, 0) is 15.5 Å². The molecular formula is C11H11N3O3. The number of hydrogen-bond acceptors (Lipinski definition) is 4. The van der Waals surface area contributed by atoms with Crippen molar-refractivity contribution in [1.29, 1.82) is 0 Å². The molecule has 88 valence electrons. The van der Waals surface area contributed by atoms with Gasteiger partial charge in [0.1, 0.15) is 6.20 Å². The number of aliphatic hydroxyl groups is 1. The number of imidazole rings is 1. The molecule has 1 unspecified atom stereocenters. The number of nitro groups is 1. The second-order valence-electron chi connectivity index (χ2n) is 3.55. The first kappa shape index (κ1) is 11.3. The fourth-order valence-corrected chi connectivity index (χ4v) is 1.64. The zero-order valence-electron chi connectivity index (χ0n) is 8.93. The Morgan fingerprint density at radius 3 is 2.65 bits per heavy atom. The van der Waals surface area contributed by atoms with Crippen molar-refractivity contribution in [3.05, 3.63) is 58.5 Å². The van der Waals surface area contributed by atoms with Crippen LogP contribution in [0.25, 0.3) is 0 Å². The van der Waals surface area contributed by atoms with E-state index in [-0.39, 0.29) is 18.5 Å². The van der Waals surface area contributed by atoms with Gasteiger partial charge in [-0.15, -0.1) is 0 Å². The fourth-order valence-electron chi connectivity index (χ4n) is 1.64. The van der Waals surface area contributed by atoms with E-state index in [1.54, 1.807) is 0 Å². The number of aliphatic hydroxyl groups excluding tert-OH is 1. The summed E-state index contributed by atoms with van der Waals surface area (Å²) in [5.74, 6) is -0.223. The van der Waals surface area contributed by atoms with Crippen LogP contribution in [0.2, 0.25) is 0 Å². The molecule has 1 aromatic heterocycles. The molecule has 1 N–H and O–H groups in total. The van der Waals surface area contributed by atoms with Crippen molar-refractivity contribution in [2.24, 2.45) is 0 Å². The maximum atomic E-state index is 10.5. The summed E-state index contributed by atoms with van der Waals surface area (Å²) in [6.45, 7) is -0.141. The van der Waals surface area contributed by atoms with E-state index in [0.717, 1.165) is 5.56 Å². The first-order valence-electron chi connectivity index (χ1n) is 5.06. The third-order valence-corrected chi connectivity index (χ3v) is 2.49. The number of nitrogens with zero attached hydrogens (tertiary/aromatic N) is 3. The maximum absolute atomic E-state index is 10.5. The predicted molar refractivity (Wildman–Crippen MR) is 60.5 cm³/mol. The van der Waals surface area contributed by atoms with Gasteiger partial charge >= 0.3 is 5.82 Å². The number of hydrogen-bond donors (Lipinski definition) is 1. The molecule has 17 heavy (non-hydrogen) atoms. The van der Waals surface area contributed by atoms with Crippen molar-refractivity contribution >= 4 is 5.82 Å².